The Bertz CT molecular complexity index is 587. The minimum absolute atomic E-state index is 0.226. The van der Waals surface area contributed by atoms with Crippen LogP contribution in [-0.4, -0.2) is 24.5 Å². The number of oxazole rings is 1. The summed E-state index contributed by atoms with van der Waals surface area (Å²) in [4.78, 5) is 3.99. The number of sulfone groups is 1. The molecule has 0 spiro atoms. The molecule has 1 heterocycles. The Labute approximate surface area is 105 Å². The summed E-state index contributed by atoms with van der Waals surface area (Å²) in [6.45, 7) is 1.60. The van der Waals surface area contributed by atoms with Crippen LogP contribution in [0.4, 0.5) is 0 Å². The SMILES string of the molecule is CC(CCCl)S(=O)(=O)c1nc2ccccc2o1. The summed E-state index contributed by atoms with van der Waals surface area (Å²) in [6.07, 6.45) is 0.378. The number of alkyl halides is 1. The number of para-hydroxylation sites is 2. The van der Waals surface area contributed by atoms with Gasteiger partial charge in [0.05, 0.1) is 5.25 Å². The van der Waals surface area contributed by atoms with Gasteiger partial charge in [0.25, 0.3) is 0 Å². The molecular formula is C11H12ClNO3S. The van der Waals surface area contributed by atoms with E-state index in [1.807, 2.05) is 0 Å². The molecule has 2 aromatic rings. The maximum absolute atomic E-state index is 12.1. The molecule has 0 fully saturated rings. The van der Waals surface area contributed by atoms with Crippen LogP contribution in [0.3, 0.4) is 0 Å². The first-order valence-electron chi connectivity index (χ1n) is 5.21. The van der Waals surface area contributed by atoms with Crippen molar-refractivity contribution in [3.05, 3.63) is 24.3 Å². The quantitative estimate of drug-likeness (QED) is 0.804. The standard InChI is InChI=1S/C11H12ClNO3S/c1-8(6-7-12)17(14,15)11-13-9-4-2-3-5-10(9)16-11/h2-5,8H,6-7H2,1H3. The topological polar surface area (TPSA) is 60.2 Å². The van der Waals surface area contributed by atoms with E-state index in [0.717, 1.165) is 0 Å². The maximum Gasteiger partial charge on any atom is 0.316 e. The fourth-order valence-electron chi connectivity index (χ4n) is 1.45. The summed E-state index contributed by atoms with van der Waals surface area (Å²) in [5, 5.41) is -0.815. The van der Waals surface area contributed by atoms with E-state index in [2.05, 4.69) is 4.98 Å². The van der Waals surface area contributed by atoms with Crippen molar-refractivity contribution >= 4 is 32.5 Å². The van der Waals surface area contributed by atoms with Gasteiger partial charge in [-0.15, -0.1) is 11.6 Å². The number of halogens is 1. The zero-order chi connectivity index (χ0) is 12.5. The molecule has 1 aromatic carbocycles. The van der Waals surface area contributed by atoms with Crippen LogP contribution in [0.5, 0.6) is 0 Å². The van der Waals surface area contributed by atoms with Crippen LogP contribution < -0.4 is 0 Å². The second-order valence-corrected chi connectivity index (χ2v) is 6.40. The molecule has 0 N–H and O–H groups in total. The predicted octanol–water partition coefficient (Wildman–Crippen LogP) is 2.62. The molecule has 4 nitrogen and oxygen atoms in total. The minimum Gasteiger partial charge on any atom is -0.428 e. The van der Waals surface area contributed by atoms with Gasteiger partial charge in [0, 0.05) is 5.88 Å². The van der Waals surface area contributed by atoms with Crippen LogP contribution in [0.15, 0.2) is 33.9 Å². The van der Waals surface area contributed by atoms with E-state index < -0.39 is 15.1 Å². The molecule has 2 rings (SSSR count). The minimum atomic E-state index is -3.53. The molecule has 0 bridgehead atoms. The van der Waals surface area contributed by atoms with Gasteiger partial charge in [-0.2, -0.15) is 4.98 Å². The van der Waals surface area contributed by atoms with Crippen LogP contribution in [0, 0.1) is 0 Å². The second-order valence-electron chi connectivity index (χ2n) is 3.78. The number of aromatic nitrogens is 1. The van der Waals surface area contributed by atoms with Crippen LogP contribution in [0.1, 0.15) is 13.3 Å². The number of rotatable bonds is 4. The molecule has 0 saturated heterocycles. The molecule has 0 aliphatic carbocycles. The van der Waals surface area contributed by atoms with Crippen molar-refractivity contribution in [3.63, 3.8) is 0 Å². The molecule has 1 atom stereocenters. The zero-order valence-electron chi connectivity index (χ0n) is 9.26. The molecule has 6 heteroatoms. The number of nitrogens with zero attached hydrogens (tertiary/aromatic N) is 1. The Kier molecular flexibility index (Phi) is 3.40. The number of hydrogen-bond acceptors (Lipinski definition) is 4. The summed E-state index contributed by atoms with van der Waals surface area (Å²) in [6, 6.07) is 6.95. The van der Waals surface area contributed by atoms with Crippen LogP contribution >= 0.6 is 11.6 Å². The maximum atomic E-state index is 12.1. The molecule has 1 unspecified atom stereocenters. The highest BCUT2D eigenvalue weighted by Crippen LogP contribution is 2.22. The molecule has 0 radical (unpaired) electrons. The van der Waals surface area contributed by atoms with Gasteiger partial charge in [-0.3, -0.25) is 0 Å². The third kappa shape index (κ3) is 2.30. The van der Waals surface area contributed by atoms with Crippen LogP contribution in [-0.2, 0) is 9.84 Å². The number of fused-ring (bicyclic) bond motifs is 1. The van der Waals surface area contributed by atoms with Crippen molar-refractivity contribution in [2.24, 2.45) is 0 Å². The lowest BCUT2D eigenvalue weighted by atomic mass is 10.3. The Hall–Kier alpha value is -1.07. The van der Waals surface area contributed by atoms with E-state index in [0.29, 0.717) is 23.4 Å². The van der Waals surface area contributed by atoms with Crippen molar-refractivity contribution in [2.45, 2.75) is 23.8 Å². The van der Waals surface area contributed by atoms with E-state index in [-0.39, 0.29) is 5.22 Å². The zero-order valence-corrected chi connectivity index (χ0v) is 10.8. The summed E-state index contributed by atoms with van der Waals surface area (Å²) in [5.41, 5.74) is 1.02. The van der Waals surface area contributed by atoms with Crippen molar-refractivity contribution in [2.75, 3.05) is 5.88 Å². The van der Waals surface area contributed by atoms with Crippen LogP contribution in [0.2, 0.25) is 0 Å². The highest BCUT2D eigenvalue weighted by molar-refractivity contribution is 7.91. The van der Waals surface area contributed by atoms with Gasteiger partial charge in [-0.05, 0) is 25.5 Å². The first kappa shape index (κ1) is 12.4. The summed E-state index contributed by atoms with van der Waals surface area (Å²) in [7, 11) is -3.53. The Balaban J connectivity index is 2.45. The van der Waals surface area contributed by atoms with E-state index in [1.54, 1.807) is 31.2 Å². The average Bonchev–Trinajstić information content (AvgIpc) is 2.73. The van der Waals surface area contributed by atoms with Gasteiger partial charge in [0.1, 0.15) is 5.52 Å². The first-order valence-corrected chi connectivity index (χ1v) is 7.29. The predicted molar refractivity (Wildman–Crippen MR) is 66.0 cm³/mol. The van der Waals surface area contributed by atoms with Crippen molar-refractivity contribution < 1.29 is 12.8 Å². The van der Waals surface area contributed by atoms with Gasteiger partial charge in [-0.1, -0.05) is 12.1 Å². The van der Waals surface area contributed by atoms with Crippen molar-refractivity contribution in [1.29, 1.82) is 0 Å². The van der Waals surface area contributed by atoms with E-state index in [4.69, 9.17) is 16.0 Å². The fourth-order valence-corrected chi connectivity index (χ4v) is 3.11. The number of hydrogen-bond donors (Lipinski definition) is 0. The Morgan fingerprint density at radius 2 is 2.12 bits per heavy atom. The van der Waals surface area contributed by atoms with Gasteiger partial charge in [-0.25, -0.2) is 8.42 Å². The fraction of sp³-hybridized carbons (Fsp3) is 0.364. The summed E-state index contributed by atoms with van der Waals surface area (Å²) in [5.74, 6) is 0.292. The summed E-state index contributed by atoms with van der Waals surface area (Å²) < 4.78 is 29.4. The second kappa shape index (κ2) is 4.66. The monoisotopic (exact) mass is 273 g/mol. The van der Waals surface area contributed by atoms with Gasteiger partial charge in [0.2, 0.25) is 9.84 Å². The summed E-state index contributed by atoms with van der Waals surface area (Å²) >= 11 is 5.55. The molecule has 0 aliphatic rings. The van der Waals surface area contributed by atoms with E-state index in [1.165, 1.54) is 0 Å². The third-order valence-electron chi connectivity index (χ3n) is 2.56. The van der Waals surface area contributed by atoms with Gasteiger partial charge < -0.3 is 4.42 Å². The highest BCUT2D eigenvalue weighted by atomic mass is 35.5. The first-order chi connectivity index (χ1) is 8.05. The van der Waals surface area contributed by atoms with Crippen LogP contribution in [0.25, 0.3) is 11.1 Å². The molecule has 0 saturated carbocycles. The van der Waals surface area contributed by atoms with Crippen molar-refractivity contribution in [1.82, 2.24) is 4.98 Å². The number of benzene rings is 1. The highest BCUT2D eigenvalue weighted by Gasteiger charge is 2.28. The smallest absolute Gasteiger partial charge is 0.316 e. The molecule has 0 amide bonds. The lowest BCUT2D eigenvalue weighted by Gasteiger charge is -2.06. The Morgan fingerprint density at radius 3 is 2.76 bits per heavy atom. The van der Waals surface area contributed by atoms with Crippen molar-refractivity contribution in [3.8, 4) is 0 Å². The molecule has 1 aromatic heterocycles. The molecule has 17 heavy (non-hydrogen) atoms. The Morgan fingerprint density at radius 1 is 1.41 bits per heavy atom. The van der Waals surface area contributed by atoms with Gasteiger partial charge in [0.15, 0.2) is 5.58 Å². The van der Waals surface area contributed by atoms with E-state index >= 15 is 0 Å². The van der Waals surface area contributed by atoms with E-state index in [9.17, 15) is 8.42 Å². The molecule has 92 valence electrons. The molecule has 0 aliphatic heterocycles. The van der Waals surface area contributed by atoms with Gasteiger partial charge >= 0.3 is 5.22 Å². The normalized spacial score (nSPS) is 14.0. The molecular weight excluding hydrogens is 262 g/mol. The lowest BCUT2D eigenvalue weighted by molar-refractivity contribution is 0.453. The average molecular weight is 274 g/mol. The lowest BCUT2D eigenvalue weighted by Crippen LogP contribution is -2.18. The largest absolute Gasteiger partial charge is 0.428 e. The third-order valence-corrected chi connectivity index (χ3v) is 4.74.